The van der Waals surface area contributed by atoms with Crippen molar-refractivity contribution in [2.45, 2.75) is 24.8 Å². The topological polar surface area (TPSA) is 41.1 Å². The third-order valence-corrected chi connectivity index (χ3v) is 3.25. The average Bonchev–Trinajstić information content (AvgIpc) is 2.25. The Morgan fingerprint density at radius 1 is 1.31 bits per heavy atom. The molecule has 1 aromatic rings. The van der Waals surface area contributed by atoms with Crippen molar-refractivity contribution in [1.29, 1.82) is 0 Å². The molecule has 1 amide bonds. The minimum absolute atomic E-state index is 0.0750. The number of benzene rings is 1. The van der Waals surface area contributed by atoms with Crippen LogP contribution in [0.1, 0.15) is 24.8 Å². The molecule has 0 bridgehead atoms. The number of hydrogen-bond donors (Lipinski definition) is 2. The molecule has 3 heteroatoms. The van der Waals surface area contributed by atoms with Crippen LogP contribution < -0.4 is 10.6 Å². The number of likely N-dealkylation sites (N-methyl/N-ethyl adjacent to an activating group) is 1. The first-order valence-corrected chi connectivity index (χ1v) is 5.78. The SMILES string of the molecule is CNCC(=O)NC1(c2ccccc2)CCC1. The maximum Gasteiger partial charge on any atom is 0.234 e. The summed E-state index contributed by atoms with van der Waals surface area (Å²) in [6.45, 7) is 0.384. The Kier molecular flexibility index (Phi) is 3.25. The normalized spacial score (nSPS) is 17.6. The summed E-state index contributed by atoms with van der Waals surface area (Å²) >= 11 is 0. The first kappa shape index (κ1) is 11.1. The number of amides is 1. The van der Waals surface area contributed by atoms with E-state index in [1.165, 1.54) is 12.0 Å². The van der Waals surface area contributed by atoms with Gasteiger partial charge < -0.3 is 10.6 Å². The van der Waals surface area contributed by atoms with E-state index in [0.29, 0.717) is 6.54 Å². The molecule has 0 heterocycles. The van der Waals surface area contributed by atoms with E-state index < -0.39 is 0 Å². The molecule has 1 aromatic carbocycles. The summed E-state index contributed by atoms with van der Waals surface area (Å²) in [5.41, 5.74) is 1.13. The summed E-state index contributed by atoms with van der Waals surface area (Å²) in [7, 11) is 1.79. The van der Waals surface area contributed by atoms with Crippen molar-refractivity contribution in [3.63, 3.8) is 0 Å². The fraction of sp³-hybridized carbons (Fsp3) is 0.462. The van der Waals surface area contributed by atoms with Crippen LogP contribution >= 0.6 is 0 Å². The summed E-state index contributed by atoms with van der Waals surface area (Å²) in [6, 6.07) is 10.3. The second-order valence-corrected chi connectivity index (χ2v) is 4.38. The Labute approximate surface area is 96.2 Å². The molecule has 0 radical (unpaired) electrons. The lowest BCUT2D eigenvalue weighted by Gasteiger charge is -2.43. The largest absolute Gasteiger partial charge is 0.345 e. The lowest BCUT2D eigenvalue weighted by atomic mass is 9.72. The van der Waals surface area contributed by atoms with Gasteiger partial charge in [-0.15, -0.1) is 0 Å². The molecule has 0 aromatic heterocycles. The minimum Gasteiger partial charge on any atom is -0.345 e. The molecule has 1 aliphatic rings. The van der Waals surface area contributed by atoms with E-state index in [1.54, 1.807) is 7.05 Å². The van der Waals surface area contributed by atoms with E-state index in [9.17, 15) is 4.79 Å². The van der Waals surface area contributed by atoms with Crippen LogP contribution in [0.3, 0.4) is 0 Å². The minimum atomic E-state index is -0.102. The van der Waals surface area contributed by atoms with Gasteiger partial charge in [0.15, 0.2) is 0 Å². The van der Waals surface area contributed by atoms with E-state index in [1.807, 2.05) is 18.2 Å². The molecule has 0 atom stereocenters. The van der Waals surface area contributed by atoms with Crippen LogP contribution in [-0.2, 0) is 10.3 Å². The predicted octanol–water partition coefficient (Wildman–Crippen LogP) is 1.40. The molecular weight excluding hydrogens is 200 g/mol. The second-order valence-electron chi connectivity index (χ2n) is 4.38. The highest BCUT2D eigenvalue weighted by Gasteiger charge is 2.39. The fourth-order valence-electron chi connectivity index (χ4n) is 2.24. The number of carbonyl (C=O) groups is 1. The summed E-state index contributed by atoms with van der Waals surface area (Å²) < 4.78 is 0. The number of hydrogen-bond acceptors (Lipinski definition) is 2. The summed E-state index contributed by atoms with van der Waals surface area (Å²) in [4.78, 5) is 11.7. The Balaban J connectivity index is 2.11. The lowest BCUT2D eigenvalue weighted by Crippen LogP contribution is -2.52. The molecule has 0 saturated heterocycles. The van der Waals surface area contributed by atoms with E-state index in [-0.39, 0.29) is 11.4 Å². The maximum atomic E-state index is 11.7. The van der Waals surface area contributed by atoms with Crippen LogP contribution in [0.25, 0.3) is 0 Å². The zero-order valence-corrected chi connectivity index (χ0v) is 9.62. The molecule has 3 nitrogen and oxygen atoms in total. The number of nitrogens with one attached hydrogen (secondary N) is 2. The second kappa shape index (κ2) is 4.66. The van der Waals surface area contributed by atoms with Crippen molar-refractivity contribution in [2.75, 3.05) is 13.6 Å². The molecule has 1 fully saturated rings. The molecule has 0 unspecified atom stereocenters. The molecule has 2 rings (SSSR count). The van der Waals surface area contributed by atoms with Gasteiger partial charge in [-0.25, -0.2) is 0 Å². The first-order valence-electron chi connectivity index (χ1n) is 5.78. The fourth-order valence-corrected chi connectivity index (χ4v) is 2.24. The van der Waals surface area contributed by atoms with E-state index in [0.717, 1.165) is 12.8 Å². The van der Waals surface area contributed by atoms with Crippen LogP contribution in [0, 0.1) is 0 Å². The van der Waals surface area contributed by atoms with Gasteiger partial charge in [-0.2, -0.15) is 0 Å². The summed E-state index contributed by atoms with van der Waals surface area (Å²) in [6.07, 6.45) is 3.29. The Bertz CT molecular complexity index is 357. The highest BCUT2D eigenvalue weighted by molar-refractivity contribution is 5.79. The molecule has 86 valence electrons. The van der Waals surface area contributed by atoms with Crippen LogP contribution in [0.4, 0.5) is 0 Å². The van der Waals surface area contributed by atoms with E-state index >= 15 is 0 Å². The smallest absolute Gasteiger partial charge is 0.234 e. The third kappa shape index (κ3) is 2.09. The van der Waals surface area contributed by atoms with Crippen LogP contribution in [0.5, 0.6) is 0 Å². The van der Waals surface area contributed by atoms with Crippen molar-refractivity contribution < 1.29 is 4.79 Å². The quantitative estimate of drug-likeness (QED) is 0.802. The molecule has 1 saturated carbocycles. The van der Waals surface area contributed by atoms with Crippen molar-refractivity contribution >= 4 is 5.91 Å². The third-order valence-electron chi connectivity index (χ3n) is 3.25. The van der Waals surface area contributed by atoms with Crippen molar-refractivity contribution in [2.24, 2.45) is 0 Å². The average molecular weight is 218 g/mol. The summed E-state index contributed by atoms with van der Waals surface area (Å²) in [5, 5.41) is 6.02. The van der Waals surface area contributed by atoms with Gasteiger partial charge in [-0.05, 0) is 31.9 Å². The van der Waals surface area contributed by atoms with Gasteiger partial charge in [0, 0.05) is 0 Å². The van der Waals surface area contributed by atoms with Gasteiger partial charge >= 0.3 is 0 Å². The highest BCUT2D eigenvalue weighted by Crippen LogP contribution is 2.40. The highest BCUT2D eigenvalue weighted by atomic mass is 16.2. The Morgan fingerprint density at radius 3 is 2.50 bits per heavy atom. The van der Waals surface area contributed by atoms with Crippen molar-refractivity contribution in [1.82, 2.24) is 10.6 Å². The summed E-state index contributed by atoms with van der Waals surface area (Å²) in [5.74, 6) is 0.0750. The molecule has 1 aliphatic carbocycles. The van der Waals surface area contributed by atoms with Gasteiger partial charge in [0.1, 0.15) is 0 Å². The molecular formula is C13H18N2O. The maximum absolute atomic E-state index is 11.7. The van der Waals surface area contributed by atoms with Crippen molar-refractivity contribution in [3.8, 4) is 0 Å². The standard InChI is InChI=1S/C13H18N2O/c1-14-10-12(16)15-13(8-5-9-13)11-6-3-2-4-7-11/h2-4,6-7,14H,5,8-10H2,1H3,(H,15,16). The Hall–Kier alpha value is -1.35. The van der Waals surface area contributed by atoms with Gasteiger partial charge in [0.25, 0.3) is 0 Å². The molecule has 2 N–H and O–H groups in total. The van der Waals surface area contributed by atoms with Crippen LogP contribution in [0.2, 0.25) is 0 Å². The van der Waals surface area contributed by atoms with E-state index in [4.69, 9.17) is 0 Å². The van der Waals surface area contributed by atoms with Crippen LogP contribution in [-0.4, -0.2) is 19.5 Å². The van der Waals surface area contributed by atoms with Gasteiger partial charge in [-0.1, -0.05) is 30.3 Å². The molecule has 16 heavy (non-hydrogen) atoms. The van der Waals surface area contributed by atoms with E-state index in [2.05, 4.69) is 22.8 Å². The Morgan fingerprint density at radius 2 is 2.00 bits per heavy atom. The van der Waals surface area contributed by atoms with Gasteiger partial charge in [0.2, 0.25) is 5.91 Å². The monoisotopic (exact) mass is 218 g/mol. The number of carbonyl (C=O) groups excluding carboxylic acids is 1. The number of rotatable bonds is 4. The first-order chi connectivity index (χ1) is 7.77. The molecule has 0 aliphatic heterocycles. The zero-order chi connectivity index (χ0) is 11.4. The van der Waals surface area contributed by atoms with Gasteiger partial charge in [-0.3, -0.25) is 4.79 Å². The van der Waals surface area contributed by atoms with Crippen molar-refractivity contribution in [3.05, 3.63) is 35.9 Å². The van der Waals surface area contributed by atoms with Gasteiger partial charge in [0.05, 0.1) is 12.1 Å². The van der Waals surface area contributed by atoms with Crippen LogP contribution in [0.15, 0.2) is 30.3 Å². The lowest BCUT2D eigenvalue weighted by molar-refractivity contribution is -0.123. The predicted molar refractivity (Wildman–Crippen MR) is 64.0 cm³/mol. The zero-order valence-electron chi connectivity index (χ0n) is 9.62. The molecule has 0 spiro atoms.